The number of anilines is 1. The first-order valence-corrected chi connectivity index (χ1v) is 22.0. The van der Waals surface area contributed by atoms with E-state index in [2.05, 4.69) is 50.6 Å². The van der Waals surface area contributed by atoms with Crippen molar-refractivity contribution >= 4 is 33.2 Å². The number of halogens is 2. The molecule has 2 aromatic carbocycles. The standard InChI is InChI=1S/C42H58ClFN4O5S/c1-5-7-30-20-34(43)11-12-37(30)33-24-48-23-32-9-13-38(32)42(52-4,27-46-18-19-47-17-15-35(44)22-36(47)25-46)16-6-8-28(2)29(3)54(50,51)45-41(49)31-10-14-40(53-26-33)39(48)21-31/h6,10-12,14,16,20-21,28-29,32-33,35-36,38H,5,7-9,13,15,17-19,22-27H2,1-4H3,(H,45,49)/b16-6+/t28-,29+,32-,33-,35-,36+,38+,42+/m0/s1. The minimum absolute atomic E-state index is 0.0403. The molecule has 7 rings (SSSR count). The van der Waals surface area contributed by atoms with Crippen LogP contribution < -0.4 is 14.4 Å². The molecule has 1 aliphatic carbocycles. The van der Waals surface area contributed by atoms with Gasteiger partial charge >= 0.3 is 0 Å². The van der Waals surface area contributed by atoms with Gasteiger partial charge < -0.3 is 14.4 Å². The molecule has 2 saturated heterocycles. The molecule has 3 fully saturated rings. The third kappa shape index (κ3) is 8.22. The van der Waals surface area contributed by atoms with Gasteiger partial charge in [0.15, 0.2) is 0 Å². The number of benzene rings is 2. The molecule has 4 aliphatic heterocycles. The average molecular weight is 785 g/mol. The van der Waals surface area contributed by atoms with E-state index < -0.39 is 33.0 Å². The normalized spacial score (nSPS) is 34.0. The van der Waals surface area contributed by atoms with Crippen molar-refractivity contribution in [2.75, 3.05) is 64.4 Å². The molecule has 2 bridgehead atoms. The first-order valence-electron chi connectivity index (χ1n) is 20.1. The molecule has 8 atom stereocenters. The van der Waals surface area contributed by atoms with Crippen molar-refractivity contribution in [2.45, 2.75) is 94.7 Å². The second-order valence-corrected chi connectivity index (χ2v) is 19.1. The highest BCUT2D eigenvalue weighted by molar-refractivity contribution is 7.90. The third-order valence-corrected chi connectivity index (χ3v) is 15.4. The van der Waals surface area contributed by atoms with Gasteiger partial charge in [-0.2, -0.15) is 0 Å². The molecule has 0 aromatic heterocycles. The van der Waals surface area contributed by atoms with E-state index in [9.17, 15) is 17.6 Å². The topological polar surface area (TPSA) is 91.4 Å². The van der Waals surface area contributed by atoms with Crippen molar-refractivity contribution in [3.63, 3.8) is 0 Å². The summed E-state index contributed by atoms with van der Waals surface area (Å²) in [4.78, 5) is 20.9. The molecule has 1 saturated carbocycles. The maximum absolute atomic E-state index is 14.6. The number of piperazine rings is 1. The molecule has 0 spiro atoms. The molecule has 1 amide bonds. The van der Waals surface area contributed by atoms with Gasteiger partial charge in [0.2, 0.25) is 10.0 Å². The summed E-state index contributed by atoms with van der Waals surface area (Å²) in [6.45, 7) is 11.7. The minimum atomic E-state index is -3.98. The van der Waals surface area contributed by atoms with Crippen LogP contribution in [0.1, 0.15) is 86.7 Å². The molecule has 12 heteroatoms. The Hall–Kier alpha value is -2.70. The third-order valence-electron chi connectivity index (χ3n) is 13.2. The quantitative estimate of drug-likeness (QED) is 0.319. The number of nitrogens with one attached hydrogen (secondary N) is 1. The zero-order valence-electron chi connectivity index (χ0n) is 32.3. The molecule has 296 valence electrons. The number of methoxy groups -OCH3 is 1. The summed E-state index contributed by atoms with van der Waals surface area (Å²) < 4.78 is 57.4. The number of fused-ring (bicyclic) bond motifs is 3. The van der Waals surface area contributed by atoms with Gasteiger partial charge in [0.1, 0.15) is 17.5 Å². The molecular formula is C42H58ClFN4O5S. The molecule has 0 unspecified atom stereocenters. The molecule has 4 heterocycles. The number of aryl methyl sites for hydroxylation is 1. The Morgan fingerprint density at radius 1 is 1.06 bits per heavy atom. The second-order valence-electron chi connectivity index (χ2n) is 16.6. The Balaban J connectivity index is 1.26. The summed E-state index contributed by atoms with van der Waals surface area (Å²) in [5, 5.41) is -0.0893. The Kier molecular flexibility index (Phi) is 12.0. The summed E-state index contributed by atoms with van der Waals surface area (Å²) in [5.74, 6) is 0.312. The van der Waals surface area contributed by atoms with Crippen LogP contribution >= 0.6 is 11.6 Å². The lowest BCUT2D eigenvalue weighted by Gasteiger charge is -2.53. The van der Waals surface area contributed by atoms with Gasteiger partial charge in [-0.05, 0) is 105 Å². The van der Waals surface area contributed by atoms with Crippen LogP contribution in [0.2, 0.25) is 5.02 Å². The maximum atomic E-state index is 14.6. The van der Waals surface area contributed by atoms with Crippen LogP contribution in [0.3, 0.4) is 0 Å². The highest BCUT2D eigenvalue weighted by atomic mass is 35.5. The SMILES string of the molecule is CCCc1cc(Cl)ccc1[C@@H]1COc2ccc3cc2N(C1)C[C@@H]1CC[C@H]1[C@@](CN1CCN2CC[C@H](F)C[C@@H]2C1)(OC)/C=C/C[C@H](C)[C@@H](C)S(=O)(=O)NC3=O. The molecule has 1 N–H and O–H groups in total. The Morgan fingerprint density at radius 2 is 1.89 bits per heavy atom. The Bertz CT molecular complexity index is 1810. The number of amides is 1. The lowest BCUT2D eigenvalue weighted by molar-refractivity contribution is -0.101. The highest BCUT2D eigenvalue weighted by Gasteiger charge is 2.49. The van der Waals surface area contributed by atoms with Crippen LogP contribution in [0.4, 0.5) is 10.1 Å². The number of ether oxygens (including phenoxy) is 2. The summed E-state index contributed by atoms with van der Waals surface area (Å²) in [7, 11) is -2.17. The van der Waals surface area contributed by atoms with Crippen LogP contribution in [0.25, 0.3) is 0 Å². The molecule has 2 aromatic rings. The van der Waals surface area contributed by atoms with E-state index in [1.54, 1.807) is 19.1 Å². The maximum Gasteiger partial charge on any atom is 0.264 e. The predicted octanol–water partition coefficient (Wildman–Crippen LogP) is 6.85. The van der Waals surface area contributed by atoms with Gasteiger partial charge in [-0.3, -0.25) is 14.6 Å². The highest BCUT2D eigenvalue weighted by Crippen LogP contribution is 2.47. The van der Waals surface area contributed by atoms with E-state index >= 15 is 0 Å². The van der Waals surface area contributed by atoms with Crippen LogP contribution in [0.15, 0.2) is 48.6 Å². The van der Waals surface area contributed by atoms with Gasteiger partial charge in [0.25, 0.3) is 5.91 Å². The zero-order chi connectivity index (χ0) is 38.2. The monoisotopic (exact) mass is 784 g/mol. The number of rotatable bonds is 6. The van der Waals surface area contributed by atoms with Crippen molar-refractivity contribution < 1.29 is 27.1 Å². The molecule has 54 heavy (non-hydrogen) atoms. The van der Waals surface area contributed by atoms with E-state index in [0.717, 1.165) is 69.1 Å². The fraction of sp³-hybridized carbons (Fsp3) is 0.643. The van der Waals surface area contributed by atoms with Crippen LogP contribution in [0.5, 0.6) is 5.75 Å². The van der Waals surface area contributed by atoms with Crippen LogP contribution in [-0.2, 0) is 21.2 Å². The first-order chi connectivity index (χ1) is 25.9. The van der Waals surface area contributed by atoms with Crippen molar-refractivity contribution in [1.29, 1.82) is 0 Å². The van der Waals surface area contributed by atoms with Crippen molar-refractivity contribution in [2.24, 2.45) is 17.8 Å². The number of carbonyl (C=O) groups is 1. The lowest BCUT2D eigenvalue weighted by atomic mass is 9.63. The number of nitrogens with zero attached hydrogens (tertiary/aromatic N) is 3. The molecule has 0 radical (unpaired) electrons. The summed E-state index contributed by atoms with van der Waals surface area (Å²) in [6, 6.07) is 11.6. The fourth-order valence-corrected chi connectivity index (χ4v) is 11.2. The summed E-state index contributed by atoms with van der Waals surface area (Å²) in [6.07, 6.45) is 9.20. The van der Waals surface area contributed by atoms with E-state index in [4.69, 9.17) is 21.1 Å². The number of hydrogen-bond acceptors (Lipinski definition) is 8. The minimum Gasteiger partial charge on any atom is -0.491 e. The first kappa shape index (κ1) is 39.5. The smallest absolute Gasteiger partial charge is 0.264 e. The van der Waals surface area contributed by atoms with Gasteiger partial charge in [0.05, 0.1) is 17.5 Å². The van der Waals surface area contributed by atoms with Gasteiger partial charge in [-0.25, -0.2) is 17.5 Å². The molecule has 9 nitrogen and oxygen atoms in total. The molecular weight excluding hydrogens is 727 g/mol. The zero-order valence-corrected chi connectivity index (χ0v) is 33.9. The summed E-state index contributed by atoms with van der Waals surface area (Å²) in [5.41, 5.74) is 2.89. The number of allylic oxidation sites excluding steroid dienone is 1. The number of sulfonamides is 1. The summed E-state index contributed by atoms with van der Waals surface area (Å²) >= 11 is 6.49. The van der Waals surface area contributed by atoms with E-state index in [0.29, 0.717) is 44.7 Å². The number of alkyl halides is 1. The van der Waals surface area contributed by atoms with Gasteiger partial charge in [-0.1, -0.05) is 50.1 Å². The molecule has 5 aliphatic rings. The second kappa shape index (κ2) is 16.4. The number of carbonyl (C=O) groups excluding carboxylic acids is 1. The average Bonchev–Trinajstić information content (AvgIpc) is 3.31. The fourth-order valence-electron chi connectivity index (χ4n) is 9.69. The van der Waals surface area contributed by atoms with E-state index in [-0.39, 0.29) is 35.3 Å². The Morgan fingerprint density at radius 3 is 2.65 bits per heavy atom. The number of hydrogen-bond donors (Lipinski definition) is 1. The number of piperidine rings is 1. The van der Waals surface area contributed by atoms with E-state index in [1.807, 2.05) is 26.2 Å². The van der Waals surface area contributed by atoms with Crippen molar-refractivity contribution in [3.8, 4) is 5.75 Å². The largest absolute Gasteiger partial charge is 0.491 e. The van der Waals surface area contributed by atoms with Crippen molar-refractivity contribution in [3.05, 3.63) is 70.3 Å². The van der Waals surface area contributed by atoms with Gasteiger partial charge in [0, 0.05) is 75.5 Å². The van der Waals surface area contributed by atoms with Gasteiger partial charge in [-0.15, -0.1) is 0 Å². The van der Waals surface area contributed by atoms with Crippen LogP contribution in [0, 0.1) is 17.8 Å². The van der Waals surface area contributed by atoms with Crippen molar-refractivity contribution in [1.82, 2.24) is 14.5 Å². The van der Waals surface area contributed by atoms with Crippen LogP contribution in [-0.4, -0.2) is 107 Å². The van der Waals surface area contributed by atoms with E-state index in [1.165, 1.54) is 11.1 Å². The Labute approximate surface area is 326 Å². The predicted molar refractivity (Wildman–Crippen MR) is 213 cm³/mol. The lowest BCUT2D eigenvalue weighted by Crippen LogP contribution is -2.61.